The lowest BCUT2D eigenvalue weighted by atomic mass is 10.0. The van der Waals surface area contributed by atoms with Crippen molar-refractivity contribution >= 4 is 0 Å². The van der Waals surface area contributed by atoms with Gasteiger partial charge in [-0.2, -0.15) is 0 Å². The van der Waals surface area contributed by atoms with E-state index in [1.165, 1.54) is 0 Å². The van der Waals surface area contributed by atoms with Crippen LogP contribution in [-0.4, -0.2) is 5.11 Å². The highest BCUT2D eigenvalue weighted by Crippen LogP contribution is 2.30. The Bertz CT molecular complexity index is 432. The molecule has 0 amide bonds. The molecule has 1 rings (SSSR count). The molecule has 6 heteroatoms. The van der Waals surface area contributed by atoms with Gasteiger partial charge in [0.15, 0.2) is 23.3 Å². The third kappa shape index (κ3) is 3.69. The molecule has 1 unspecified atom stereocenters. The number of rotatable bonds is 7. The van der Waals surface area contributed by atoms with Crippen molar-refractivity contribution in [3.63, 3.8) is 0 Å². The fraction of sp³-hybridized carbons (Fsp3) is 0.571. The van der Waals surface area contributed by atoms with Crippen LogP contribution in [-0.2, 0) is 0 Å². The van der Waals surface area contributed by atoms with Crippen molar-refractivity contribution < 1.29 is 27.1 Å². The first kappa shape index (κ1) is 16.9. The van der Waals surface area contributed by atoms with Gasteiger partial charge in [0.1, 0.15) is 0 Å². The first-order valence-corrected chi connectivity index (χ1v) is 6.61. The van der Waals surface area contributed by atoms with Gasteiger partial charge in [-0.3, -0.25) is 0 Å². The Morgan fingerprint density at radius 1 is 0.750 bits per heavy atom. The number of halogens is 5. The number of unbranched alkanes of at least 4 members (excludes halogenated alkanes) is 4. The molecule has 0 spiro atoms. The summed E-state index contributed by atoms with van der Waals surface area (Å²) in [5.74, 6) is -10.2. The summed E-state index contributed by atoms with van der Waals surface area (Å²) in [5, 5.41) is 9.64. The van der Waals surface area contributed by atoms with E-state index in [2.05, 4.69) is 0 Å². The standard InChI is InChI=1S/C14H17F5O/c1-2-3-4-5-6-7-8(20)9-10(15)12(17)14(19)13(18)11(9)16/h8,20H,2-7H2,1H3. The second kappa shape index (κ2) is 7.57. The lowest BCUT2D eigenvalue weighted by Crippen LogP contribution is -2.11. The Kier molecular flexibility index (Phi) is 6.39. The summed E-state index contributed by atoms with van der Waals surface area (Å²) in [6, 6.07) is 0. The van der Waals surface area contributed by atoms with E-state index in [1.54, 1.807) is 0 Å². The minimum atomic E-state index is -2.21. The normalized spacial score (nSPS) is 12.8. The second-order valence-corrected chi connectivity index (χ2v) is 4.70. The van der Waals surface area contributed by atoms with Crippen LogP contribution in [0.25, 0.3) is 0 Å². The Morgan fingerprint density at radius 2 is 1.20 bits per heavy atom. The molecule has 20 heavy (non-hydrogen) atoms. The van der Waals surface area contributed by atoms with E-state index in [1.807, 2.05) is 6.92 Å². The van der Waals surface area contributed by atoms with E-state index in [0.717, 1.165) is 25.7 Å². The average Bonchev–Trinajstić information content (AvgIpc) is 2.43. The van der Waals surface area contributed by atoms with Crippen LogP contribution in [0.4, 0.5) is 22.0 Å². The average molecular weight is 296 g/mol. The molecular formula is C14H17F5O. The molecule has 1 aromatic carbocycles. The van der Waals surface area contributed by atoms with Crippen molar-refractivity contribution in [3.8, 4) is 0 Å². The highest BCUT2D eigenvalue weighted by Gasteiger charge is 2.29. The topological polar surface area (TPSA) is 20.2 Å². The Hall–Kier alpha value is -1.17. The molecule has 0 heterocycles. The molecule has 0 bridgehead atoms. The highest BCUT2D eigenvalue weighted by molar-refractivity contribution is 5.25. The van der Waals surface area contributed by atoms with Gasteiger partial charge in [-0.1, -0.05) is 39.0 Å². The second-order valence-electron chi connectivity index (χ2n) is 4.70. The largest absolute Gasteiger partial charge is 0.388 e. The van der Waals surface area contributed by atoms with Crippen LogP contribution in [0.5, 0.6) is 0 Å². The molecule has 114 valence electrons. The molecule has 0 aromatic heterocycles. The van der Waals surface area contributed by atoms with Gasteiger partial charge in [0.05, 0.1) is 11.7 Å². The number of hydrogen-bond donors (Lipinski definition) is 1. The molecule has 0 aliphatic carbocycles. The van der Waals surface area contributed by atoms with Gasteiger partial charge in [-0.15, -0.1) is 0 Å². The molecule has 1 nitrogen and oxygen atoms in total. The highest BCUT2D eigenvalue weighted by atomic mass is 19.2. The van der Waals surface area contributed by atoms with Crippen LogP contribution >= 0.6 is 0 Å². The van der Waals surface area contributed by atoms with Gasteiger partial charge in [-0.05, 0) is 6.42 Å². The molecule has 1 N–H and O–H groups in total. The number of aliphatic hydroxyl groups excluding tert-OH is 1. The summed E-state index contributed by atoms with van der Waals surface area (Å²) < 4.78 is 65.6. The molecule has 0 aliphatic heterocycles. The van der Waals surface area contributed by atoms with Crippen LogP contribution in [0.2, 0.25) is 0 Å². The van der Waals surface area contributed by atoms with Gasteiger partial charge in [0.2, 0.25) is 5.82 Å². The van der Waals surface area contributed by atoms with Crippen LogP contribution in [0, 0.1) is 29.1 Å². The molecule has 0 saturated heterocycles. The summed E-state index contributed by atoms with van der Waals surface area (Å²) in [4.78, 5) is 0. The molecular weight excluding hydrogens is 279 g/mol. The van der Waals surface area contributed by atoms with Crippen LogP contribution < -0.4 is 0 Å². The molecule has 1 atom stereocenters. The summed E-state index contributed by atoms with van der Waals surface area (Å²) in [7, 11) is 0. The van der Waals surface area contributed by atoms with E-state index in [4.69, 9.17) is 0 Å². The maximum absolute atomic E-state index is 13.4. The Labute approximate surface area is 114 Å². The van der Waals surface area contributed by atoms with E-state index in [0.29, 0.717) is 6.42 Å². The maximum atomic E-state index is 13.4. The van der Waals surface area contributed by atoms with E-state index in [9.17, 15) is 27.1 Å². The first-order chi connectivity index (χ1) is 9.41. The van der Waals surface area contributed by atoms with Crippen molar-refractivity contribution in [2.45, 2.75) is 51.6 Å². The van der Waals surface area contributed by atoms with E-state index in [-0.39, 0.29) is 6.42 Å². The SMILES string of the molecule is CCCCCCCC(O)c1c(F)c(F)c(F)c(F)c1F. The van der Waals surface area contributed by atoms with E-state index < -0.39 is 40.8 Å². The number of aliphatic hydroxyl groups is 1. The van der Waals surface area contributed by atoms with Crippen LogP contribution in [0.3, 0.4) is 0 Å². The van der Waals surface area contributed by atoms with Crippen LogP contribution in [0.15, 0.2) is 0 Å². The van der Waals surface area contributed by atoms with Crippen molar-refractivity contribution in [1.82, 2.24) is 0 Å². The van der Waals surface area contributed by atoms with Gasteiger partial charge >= 0.3 is 0 Å². The monoisotopic (exact) mass is 296 g/mol. The first-order valence-electron chi connectivity index (χ1n) is 6.61. The van der Waals surface area contributed by atoms with Gasteiger partial charge in [-0.25, -0.2) is 22.0 Å². The molecule has 0 saturated carbocycles. The van der Waals surface area contributed by atoms with Gasteiger partial charge in [0.25, 0.3) is 0 Å². The zero-order valence-electron chi connectivity index (χ0n) is 11.2. The lowest BCUT2D eigenvalue weighted by Gasteiger charge is -2.14. The number of hydrogen-bond acceptors (Lipinski definition) is 1. The maximum Gasteiger partial charge on any atom is 0.200 e. The minimum absolute atomic E-state index is 0.0396. The van der Waals surface area contributed by atoms with Gasteiger partial charge < -0.3 is 5.11 Å². The van der Waals surface area contributed by atoms with Crippen LogP contribution in [0.1, 0.15) is 57.1 Å². The summed E-state index contributed by atoms with van der Waals surface area (Å²) >= 11 is 0. The van der Waals surface area contributed by atoms with Crippen molar-refractivity contribution in [1.29, 1.82) is 0 Å². The zero-order chi connectivity index (χ0) is 15.3. The fourth-order valence-electron chi connectivity index (χ4n) is 2.00. The summed E-state index contributed by atoms with van der Waals surface area (Å²) in [5.41, 5.74) is -1.14. The molecule has 0 aliphatic rings. The Morgan fingerprint density at radius 3 is 1.70 bits per heavy atom. The zero-order valence-corrected chi connectivity index (χ0v) is 11.2. The van der Waals surface area contributed by atoms with Crippen molar-refractivity contribution in [3.05, 3.63) is 34.6 Å². The quantitative estimate of drug-likeness (QED) is 0.332. The molecule has 0 fully saturated rings. The molecule has 1 aromatic rings. The third-order valence-corrected chi connectivity index (χ3v) is 3.16. The molecule has 0 radical (unpaired) electrons. The van der Waals surface area contributed by atoms with E-state index >= 15 is 0 Å². The predicted octanol–water partition coefficient (Wildman–Crippen LogP) is 4.78. The predicted molar refractivity (Wildman–Crippen MR) is 64.6 cm³/mol. The summed E-state index contributed by atoms with van der Waals surface area (Å²) in [6.07, 6.45) is 2.38. The van der Waals surface area contributed by atoms with Crippen molar-refractivity contribution in [2.24, 2.45) is 0 Å². The fourth-order valence-corrected chi connectivity index (χ4v) is 2.00. The Balaban J connectivity index is 2.80. The summed E-state index contributed by atoms with van der Waals surface area (Å²) in [6.45, 7) is 2.02. The smallest absolute Gasteiger partial charge is 0.200 e. The van der Waals surface area contributed by atoms with Crippen molar-refractivity contribution in [2.75, 3.05) is 0 Å². The number of benzene rings is 1. The lowest BCUT2D eigenvalue weighted by molar-refractivity contribution is 0.150. The third-order valence-electron chi connectivity index (χ3n) is 3.16. The minimum Gasteiger partial charge on any atom is -0.388 e. The van der Waals surface area contributed by atoms with Gasteiger partial charge in [0, 0.05) is 0 Å².